The molecule has 0 radical (unpaired) electrons. The van der Waals surface area contributed by atoms with Crippen LogP contribution in [-0.2, 0) is 4.79 Å². The lowest BCUT2D eigenvalue weighted by atomic mass is 9.83. The average molecular weight is 592 g/mol. The van der Waals surface area contributed by atoms with Crippen LogP contribution >= 0.6 is 22.9 Å². The first-order valence-corrected chi connectivity index (χ1v) is 13.7. The molecule has 3 atom stereocenters. The summed E-state index contributed by atoms with van der Waals surface area (Å²) in [5.74, 6) is -1.05. The number of allylic oxidation sites excluding steroid dienone is 2. The number of carbonyl (C=O) groups is 1. The molecule has 5 rings (SSSR count). The second kappa shape index (κ2) is 11.2. The minimum atomic E-state index is -4.78. The molecule has 3 aromatic heterocycles. The number of benzene rings is 1. The smallest absolute Gasteiger partial charge is 0.429 e. The van der Waals surface area contributed by atoms with Gasteiger partial charge in [0.2, 0.25) is 12.0 Å². The Morgan fingerprint density at radius 1 is 1.32 bits per heavy atom. The van der Waals surface area contributed by atoms with Crippen molar-refractivity contribution >= 4 is 44.7 Å². The molecule has 3 unspecified atom stereocenters. The predicted molar refractivity (Wildman–Crippen MR) is 146 cm³/mol. The molecule has 8 nitrogen and oxygen atoms in total. The Morgan fingerprint density at radius 3 is 2.77 bits per heavy atom. The number of aromatic nitrogens is 4. The van der Waals surface area contributed by atoms with E-state index < -0.39 is 24.3 Å². The van der Waals surface area contributed by atoms with Gasteiger partial charge in [-0.05, 0) is 62.3 Å². The second-order valence-corrected chi connectivity index (χ2v) is 11.0. The minimum Gasteiger partial charge on any atom is -0.480 e. The van der Waals surface area contributed by atoms with Gasteiger partial charge in [-0.25, -0.2) is 14.6 Å². The summed E-state index contributed by atoms with van der Waals surface area (Å²) < 4.78 is 50.8. The van der Waals surface area contributed by atoms with Crippen LogP contribution in [0.2, 0.25) is 5.02 Å². The maximum Gasteiger partial charge on any atom is 0.429 e. The molecule has 0 fully saturated rings. The zero-order valence-corrected chi connectivity index (χ0v) is 22.8. The molecule has 0 bridgehead atoms. The average Bonchev–Trinajstić information content (AvgIpc) is 3.54. The Morgan fingerprint density at radius 2 is 2.12 bits per heavy atom. The van der Waals surface area contributed by atoms with Crippen molar-refractivity contribution in [1.82, 2.24) is 19.7 Å². The number of alkyl halides is 3. The third-order valence-corrected chi connectivity index (χ3v) is 8.05. The standard InChI is InChI=1S/C27H25ClF3N5O3S/c1-14-8-9-36(35-14)21-11-17(28)6-7-18(21)24(27(29,30)31)39-25-23-22(33-13-34-25)19(12-40-23)16-4-2-15(3-5-16)10-20(32)26(37)38/h4,6-9,11-13,15,20,24H,2-3,5,10,32H2,1H3,(H,37,38). The first-order valence-electron chi connectivity index (χ1n) is 12.5. The van der Waals surface area contributed by atoms with Crippen LogP contribution in [0.1, 0.15) is 48.6 Å². The van der Waals surface area contributed by atoms with Crippen molar-refractivity contribution in [2.75, 3.05) is 0 Å². The van der Waals surface area contributed by atoms with Gasteiger partial charge in [-0.1, -0.05) is 23.7 Å². The van der Waals surface area contributed by atoms with E-state index in [1.807, 2.05) is 11.5 Å². The Kier molecular flexibility index (Phi) is 7.85. The minimum absolute atomic E-state index is 0.143. The Balaban J connectivity index is 1.47. The van der Waals surface area contributed by atoms with Crippen molar-refractivity contribution in [2.24, 2.45) is 11.7 Å². The van der Waals surface area contributed by atoms with Gasteiger partial charge < -0.3 is 15.6 Å². The van der Waals surface area contributed by atoms with Gasteiger partial charge in [-0.3, -0.25) is 4.79 Å². The van der Waals surface area contributed by atoms with Gasteiger partial charge in [0.15, 0.2) is 0 Å². The summed E-state index contributed by atoms with van der Waals surface area (Å²) >= 11 is 7.34. The van der Waals surface area contributed by atoms with Gasteiger partial charge in [0.05, 0.1) is 16.9 Å². The van der Waals surface area contributed by atoms with Crippen LogP contribution in [0.5, 0.6) is 5.88 Å². The van der Waals surface area contributed by atoms with Gasteiger partial charge in [0.1, 0.15) is 17.1 Å². The molecule has 0 spiro atoms. The fourth-order valence-electron chi connectivity index (χ4n) is 4.85. The fourth-order valence-corrected chi connectivity index (χ4v) is 5.99. The first kappa shape index (κ1) is 28.1. The Labute approximate surface area is 236 Å². The molecule has 0 amide bonds. The monoisotopic (exact) mass is 591 g/mol. The summed E-state index contributed by atoms with van der Waals surface area (Å²) in [5.41, 5.74) is 8.60. The summed E-state index contributed by atoms with van der Waals surface area (Å²) in [6.45, 7) is 1.73. The molecule has 13 heteroatoms. The number of carboxylic acid groups (broad SMARTS) is 1. The maximum absolute atomic E-state index is 14.5. The largest absolute Gasteiger partial charge is 0.480 e. The van der Waals surface area contributed by atoms with Gasteiger partial charge in [-0.2, -0.15) is 18.3 Å². The zero-order chi connectivity index (χ0) is 28.6. The van der Waals surface area contributed by atoms with Crippen LogP contribution < -0.4 is 10.5 Å². The number of rotatable bonds is 8. The number of ether oxygens (including phenoxy) is 1. The van der Waals surface area contributed by atoms with Gasteiger partial charge in [0.25, 0.3) is 0 Å². The normalized spacial score (nSPS) is 17.4. The van der Waals surface area contributed by atoms with Gasteiger partial charge in [-0.15, -0.1) is 11.3 Å². The van der Waals surface area contributed by atoms with E-state index in [9.17, 15) is 18.0 Å². The van der Waals surface area contributed by atoms with E-state index in [1.54, 1.807) is 19.2 Å². The molecule has 0 aliphatic heterocycles. The summed E-state index contributed by atoms with van der Waals surface area (Å²) in [6, 6.07) is 4.84. The molecule has 210 valence electrons. The number of fused-ring (bicyclic) bond motifs is 1. The zero-order valence-electron chi connectivity index (χ0n) is 21.2. The lowest BCUT2D eigenvalue weighted by molar-refractivity contribution is -0.198. The van der Waals surface area contributed by atoms with Crippen LogP contribution in [0.4, 0.5) is 13.2 Å². The molecule has 3 N–H and O–H groups in total. The lowest BCUT2D eigenvalue weighted by Gasteiger charge is -2.24. The van der Waals surface area contributed by atoms with Crippen molar-refractivity contribution in [3.05, 3.63) is 70.1 Å². The molecular formula is C27H25ClF3N5O3S. The molecule has 0 saturated heterocycles. The van der Waals surface area contributed by atoms with E-state index in [0.29, 0.717) is 35.2 Å². The number of aliphatic carboxylic acids is 1. The number of nitrogens with zero attached hydrogens (tertiary/aromatic N) is 4. The van der Waals surface area contributed by atoms with Gasteiger partial charge >= 0.3 is 12.1 Å². The quantitative estimate of drug-likeness (QED) is 0.240. The van der Waals surface area contributed by atoms with Crippen molar-refractivity contribution in [2.45, 2.75) is 50.9 Å². The van der Waals surface area contributed by atoms with E-state index in [0.717, 1.165) is 17.6 Å². The van der Waals surface area contributed by atoms with Crippen LogP contribution in [0.3, 0.4) is 0 Å². The predicted octanol–water partition coefficient (Wildman–Crippen LogP) is 6.51. The van der Waals surface area contributed by atoms with Crippen molar-refractivity contribution in [1.29, 1.82) is 0 Å². The molecule has 4 aromatic rings. The summed E-state index contributed by atoms with van der Waals surface area (Å²) in [4.78, 5) is 19.5. The fraction of sp³-hybridized carbons (Fsp3) is 0.333. The number of carboxylic acids is 1. The molecule has 1 aliphatic carbocycles. The van der Waals surface area contributed by atoms with E-state index in [1.165, 1.54) is 40.5 Å². The molecule has 1 aliphatic rings. The highest BCUT2D eigenvalue weighted by atomic mass is 35.5. The topological polar surface area (TPSA) is 116 Å². The molecule has 1 aromatic carbocycles. The van der Waals surface area contributed by atoms with Gasteiger partial charge in [0, 0.05) is 27.7 Å². The molecular weight excluding hydrogens is 567 g/mol. The summed E-state index contributed by atoms with van der Waals surface area (Å²) in [5, 5.41) is 15.4. The van der Waals surface area contributed by atoms with E-state index in [4.69, 9.17) is 27.2 Å². The van der Waals surface area contributed by atoms with Crippen LogP contribution in [0, 0.1) is 12.8 Å². The molecule has 40 heavy (non-hydrogen) atoms. The van der Waals surface area contributed by atoms with Crippen molar-refractivity contribution in [3.63, 3.8) is 0 Å². The number of thiophene rings is 1. The maximum atomic E-state index is 14.5. The third kappa shape index (κ3) is 5.84. The second-order valence-electron chi connectivity index (χ2n) is 9.70. The first-order chi connectivity index (χ1) is 19.0. The molecule has 0 saturated carbocycles. The highest BCUT2D eigenvalue weighted by molar-refractivity contribution is 7.17. The van der Waals surface area contributed by atoms with E-state index >= 15 is 0 Å². The highest BCUT2D eigenvalue weighted by Gasteiger charge is 2.45. The van der Waals surface area contributed by atoms with Crippen LogP contribution in [-0.4, -0.2) is 43.0 Å². The third-order valence-electron chi connectivity index (χ3n) is 6.86. The van der Waals surface area contributed by atoms with E-state index in [2.05, 4.69) is 15.1 Å². The van der Waals surface area contributed by atoms with Crippen LogP contribution in [0.25, 0.3) is 21.5 Å². The van der Waals surface area contributed by atoms with E-state index in [-0.39, 0.29) is 28.1 Å². The number of hydrogen-bond donors (Lipinski definition) is 2. The number of hydrogen-bond acceptors (Lipinski definition) is 7. The number of halogens is 4. The molecule has 3 heterocycles. The lowest BCUT2D eigenvalue weighted by Crippen LogP contribution is -2.32. The number of aryl methyl sites for hydroxylation is 1. The SMILES string of the molecule is Cc1ccn(-c2cc(Cl)ccc2C(Oc2ncnc3c(C4=CCC(CC(N)C(=O)O)CC4)csc23)C(F)(F)F)n1. The Bertz CT molecular complexity index is 1590. The van der Waals surface area contributed by atoms with Crippen molar-refractivity contribution in [3.8, 4) is 11.6 Å². The van der Waals surface area contributed by atoms with Crippen molar-refractivity contribution < 1.29 is 27.8 Å². The Hall–Kier alpha value is -3.48. The highest BCUT2D eigenvalue weighted by Crippen LogP contribution is 2.44. The summed E-state index contributed by atoms with van der Waals surface area (Å²) in [7, 11) is 0. The van der Waals surface area contributed by atoms with Crippen LogP contribution in [0.15, 0.2) is 48.2 Å². The number of nitrogens with two attached hydrogens (primary N) is 1. The summed E-state index contributed by atoms with van der Waals surface area (Å²) in [6.07, 6.45) is 0.117.